The van der Waals surface area contributed by atoms with Crippen LogP contribution in [0.25, 0.3) is 22.9 Å². The number of nitrogens with zero attached hydrogens (tertiary/aromatic N) is 2. The predicted molar refractivity (Wildman–Crippen MR) is 119 cm³/mol. The van der Waals surface area contributed by atoms with Gasteiger partial charge in [0.1, 0.15) is 0 Å². The summed E-state index contributed by atoms with van der Waals surface area (Å²) in [7, 11) is 0. The summed E-state index contributed by atoms with van der Waals surface area (Å²) in [6.45, 7) is 6.80. The van der Waals surface area contributed by atoms with Gasteiger partial charge in [-0.25, -0.2) is 0 Å². The molecule has 0 aliphatic carbocycles. The van der Waals surface area contributed by atoms with E-state index in [1.165, 1.54) is 47.7 Å². The average molecular weight is 359 g/mol. The highest BCUT2D eigenvalue weighted by Crippen LogP contribution is 2.20. The average Bonchev–Trinajstić information content (AvgIpc) is 2.73. The summed E-state index contributed by atoms with van der Waals surface area (Å²) in [6.07, 6.45) is 11.1. The van der Waals surface area contributed by atoms with Gasteiger partial charge in [0, 0.05) is 30.4 Å². The number of benzene rings is 2. The van der Waals surface area contributed by atoms with E-state index >= 15 is 0 Å². The van der Waals surface area contributed by atoms with Gasteiger partial charge >= 0.3 is 0 Å². The van der Waals surface area contributed by atoms with Crippen molar-refractivity contribution in [3.63, 3.8) is 0 Å². The van der Waals surface area contributed by atoms with Gasteiger partial charge in [0.05, 0.1) is 5.69 Å². The van der Waals surface area contributed by atoms with Crippen molar-refractivity contribution < 1.29 is 0 Å². The molecule has 0 unspecified atom stereocenters. The molecule has 0 N–H and O–H groups in total. The first-order valence-corrected chi connectivity index (χ1v) is 10.2. The Morgan fingerprint density at radius 1 is 0.815 bits per heavy atom. The molecule has 0 spiro atoms. The fourth-order valence-electron chi connectivity index (χ4n) is 3.32. The van der Waals surface area contributed by atoms with Gasteiger partial charge < -0.3 is 4.90 Å². The van der Waals surface area contributed by atoms with Crippen molar-refractivity contribution in [1.29, 1.82) is 0 Å². The summed E-state index contributed by atoms with van der Waals surface area (Å²) in [4.78, 5) is 7.06. The van der Waals surface area contributed by atoms with E-state index in [0.29, 0.717) is 0 Å². The Kier molecular flexibility index (Phi) is 7.04. The van der Waals surface area contributed by atoms with Crippen LogP contribution < -0.4 is 4.90 Å². The molecule has 1 aromatic heterocycles. The molecular formula is C25H30N2. The van der Waals surface area contributed by atoms with E-state index in [1.807, 2.05) is 6.20 Å². The number of fused-ring (bicyclic) bond motifs is 1. The Hall–Kier alpha value is -2.61. The molecule has 0 atom stereocenters. The van der Waals surface area contributed by atoms with Crippen LogP contribution >= 0.6 is 0 Å². The number of aromatic nitrogens is 1. The Morgan fingerprint density at radius 2 is 1.52 bits per heavy atom. The van der Waals surface area contributed by atoms with E-state index in [-0.39, 0.29) is 0 Å². The zero-order chi connectivity index (χ0) is 18.9. The highest BCUT2D eigenvalue weighted by molar-refractivity contribution is 5.91. The summed E-state index contributed by atoms with van der Waals surface area (Å²) in [5.74, 6) is 0. The molecule has 1 heterocycles. The zero-order valence-corrected chi connectivity index (χ0v) is 16.6. The second kappa shape index (κ2) is 9.91. The molecule has 3 rings (SSSR count). The van der Waals surface area contributed by atoms with Crippen LogP contribution in [0.15, 0.2) is 60.8 Å². The minimum absolute atomic E-state index is 1.02. The molecule has 0 saturated carbocycles. The monoisotopic (exact) mass is 358 g/mol. The van der Waals surface area contributed by atoms with Gasteiger partial charge in [-0.05, 0) is 48.1 Å². The van der Waals surface area contributed by atoms with Crippen LogP contribution in [0.3, 0.4) is 0 Å². The summed E-state index contributed by atoms with van der Waals surface area (Å²) in [6, 6.07) is 19.4. The van der Waals surface area contributed by atoms with E-state index in [2.05, 4.69) is 90.5 Å². The van der Waals surface area contributed by atoms with Crippen molar-refractivity contribution in [2.45, 2.75) is 39.5 Å². The lowest BCUT2D eigenvalue weighted by molar-refractivity contribution is 0.678. The fourth-order valence-corrected chi connectivity index (χ4v) is 3.32. The van der Waals surface area contributed by atoms with Crippen molar-refractivity contribution in [2.75, 3.05) is 18.0 Å². The van der Waals surface area contributed by atoms with Gasteiger partial charge in [-0.3, -0.25) is 4.98 Å². The normalized spacial score (nSPS) is 11.3. The molecule has 0 fully saturated rings. The Bertz CT molecular complexity index is 852. The van der Waals surface area contributed by atoms with Gasteiger partial charge in [0.25, 0.3) is 0 Å². The van der Waals surface area contributed by atoms with Crippen LogP contribution in [0.2, 0.25) is 0 Å². The van der Waals surface area contributed by atoms with E-state index in [4.69, 9.17) is 0 Å². The molecular weight excluding hydrogens is 328 g/mol. The standard InChI is InChI=1S/C25H30N2/c1-3-5-19-27(20-6-4-2)23-14-11-21(12-15-23)13-16-25-24-10-8-7-9-22(24)17-18-26-25/h7-18H,3-6,19-20H2,1-2H3/b16-13-. The number of hydrogen-bond acceptors (Lipinski definition) is 2. The summed E-state index contributed by atoms with van der Waals surface area (Å²) in [5, 5.41) is 2.42. The molecule has 0 aliphatic heterocycles. The lowest BCUT2D eigenvalue weighted by Gasteiger charge is -2.24. The first kappa shape index (κ1) is 19.2. The highest BCUT2D eigenvalue weighted by Gasteiger charge is 2.05. The number of hydrogen-bond donors (Lipinski definition) is 0. The van der Waals surface area contributed by atoms with Crippen LogP contribution in [0.5, 0.6) is 0 Å². The molecule has 27 heavy (non-hydrogen) atoms. The fraction of sp³-hybridized carbons (Fsp3) is 0.320. The minimum Gasteiger partial charge on any atom is -0.372 e. The van der Waals surface area contributed by atoms with Crippen LogP contribution in [-0.4, -0.2) is 18.1 Å². The molecule has 2 heteroatoms. The van der Waals surface area contributed by atoms with Crippen molar-refractivity contribution in [2.24, 2.45) is 0 Å². The molecule has 0 bridgehead atoms. The maximum absolute atomic E-state index is 4.54. The Balaban J connectivity index is 1.75. The van der Waals surface area contributed by atoms with Gasteiger partial charge in [-0.15, -0.1) is 0 Å². The first-order chi connectivity index (χ1) is 13.3. The van der Waals surface area contributed by atoms with Gasteiger partial charge in [0.2, 0.25) is 0 Å². The molecule has 2 aromatic carbocycles. The van der Waals surface area contributed by atoms with Crippen molar-refractivity contribution in [1.82, 2.24) is 4.98 Å². The van der Waals surface area contributed by atoms with Crippen LogP contribution in [-0.2, 0) is 0 Å². The SMILES string of the molecule is CCCCN(CCCC)c1ccc(/C=C\c2nccc3ccccc23)cc1. The molecule has 2 nitrogen and oxygen atoms in total. The number of rotatable bonds is 9. The maximum Gasteiger partial charge on any atom is 0.0708 e. The van der Waals surface area contributed by atoms with Gasteiger partial charge in [-0.2, -0.15) is 0 Å². The van der Waals surface area contributed by atoms with E-state index in [1.54, 1.807) is 0 Å². The van der Waals surface area contributed by atoms with E-state index in [9.17, 15) is 0 Å². The van der Waals surface area contributed by atoms with Crippen molar-refractivity contribution in [3.05, 3.63) is 72.1 Å². The second-order valence-corrected chi connectivity index (χ2v) is 7.04. The third-order valence-electron chi connectivity index (χ3n) is 4.96. The van der Waals surface area contributed by atoms with Crippen molar-refractivity contribution in [3.8, 4) is 0 Å². The number of anilines is 1. The van der Waals surface area contributed by atoms with Crippen LogP contribution in [0.1, 0.15) is 50.8 Å². The zero-order valence-electron chi connectivity index (χ0n) is 16.6. The van der Waals surface area contributed by atoms with Gasteiger partial charge in [-0.1, -0.05) is 69.2 Å². The molecule has 140 valence electrons. The highest BCUT2D eigenvalue weighted by atomic mass is 15.1. The molecule has 0 radical (unpaired) electrons. The molecule has 0 saturated heterocycles. The molecule has 0 aliphatic rings. The Labute approximate surface area is 163 Å². The summed E-state index contributed by atoms with van der Waals surface area (Å²) < 4.78 is 0. The number of unbranched alkanes of at least 4 members (excludes halogenated alkanes) is 2. The smallest absolute Gasteiger partial charge is 0.0708 e. The van der Waals surface area contributed by atoms with Crippen molar-refractivity contribution >= 4 is 28.6 Å². The largest absolute Gasteiger partial charge is 0.372 e. The predicted octanol–water partition coefficient (Wildman–Crippen LogP) is 6.81. The number of pyridine rings is 1. The van der Waals surface area contributed by atoms with Gasteiger partial charge in [0.15, 0.2) is 0 Å². The quantitative estimate of drug-likeness (QED) is 0.417. The van der Waals surface area contributed by atoms with Crippen LogP contribution in [0, 0.1) is 0 Å². The van der Waals surface area contributed by atoms with E-state index < -0.39 is 0 Å². The summed E-state index contributed by atoms with van der Waals surface area (Å²) in [5.41, 5.74) is 3.56. The minimum atomic E-state index is 1.02. The third-order valence-corrected chi connectivity index (χ3v) is 4.96. The lowest BCUT2D eigenvalue weighted by atomic mass is 10.1. The second-order valence-electron chi connectivity index (χ2n) is 7.04. The first-order valence-electron chi connectivity index (χ1n) is 10.2. The van der Waals surface area contributed by atoms with Crippen LogP contribution in [0.4, 0.5) is 5.69 Å². The molecule has 0 amide bonds. The van der Waals surface area contributed by atoms with E-state index in [0.717, 1.165) is 18.8 Å². The summed E-state index contributed by atoms with van der Waals surface area (Å²) >= 11 is 0. The molecule has 3 aromatic rings. The maximum atomic E-state index is 4.54. The Morgan fingerprint density at radius 3 is 2.22 bits per heavy atom. The lowest BCUT2D eigenvalue weighted by Crippen LogP contribution is -2.25. The third kappa shape index (κ3) is 5.19. The topological polar surface area (TPSA) is 16.1 Å².